The van der Waals surface area contributed by atoms with Crippen LogP contribution in [-0.4, -0.2) is 22.6 Å². The lowest BCUT2D eigenvalue weighted by Crippen LogP contribution is -2.29. The fourth-order valence-electron chi connectivity index (χ4n) is 0.748. The van der Waals surface area contributed by atoms with E-state index in [9.17, 15) is 14.4 Å². The maximum Gasteiger partial charge on any atom is 0.345 e. The first-order valence-corrected chi connectivity index (χ1v) is 3.52. The molecule has 0 N–H and O–H groups in total. The Balaban J connectivity index is 2.62. The lowest BCUT2D eigenvalue weighted by molar-refractivity contribution is -0.169. The van der Waals surface area contributed by atoms with E-state index in [1.807, 2.05) is 0 Å². The van der Waals surface area contributed by atoms with Crippen LogP contribution in [0.25, 0.3) is 0 Å². The van der Waals surface area contributed by atoms with E-state index in [0.717, 1.165) is 0 Å². The van der Waals surface area contributed by atoms with Crippen LogP contribution in [-0.2, 0) is 14.4 Å². The summed E-state index contributed by atoms with van der Waals surface area (Å²) in [5, 5.41) is 0.495. The molecule has 0 spiro atoms. The minimum atomic E-state index is -0.742. The number of amides is 2. The second kappa shape index (κ2) is 2.96. The molecule has 1 heterocycles. The lowest BCUT2D eigenvalue weighted by atomic mass is 10.4. The zero-order chi connectivity index (χ0) is 8.43. The highest BCUT2D eigenvalue weighted by Crippen LogP contribution is 2.13. The first kappa shape index (κ1) is 8.14. The van der Waals surface area contributed by atoms with Crippen LogP contribution in [0.3, 0.4) is 0 Å². The molecule has 1 rings (SSSR count). The van der Waals surface area contributed by atoms with Crippen molar-refractivity contribution in [2.75, 3.05) is 0 Å². The topological polar surface area (TPSA) is 63.7 Å². The van der Waals surface area contributed by atoms with Gasteiger partial charge in [-0.25, -0.2) is 4.79 Å². The van der Waals surface area contributed by atoms with E-state index in [-0.39, 0.29) is 12.8 Å². The van der Waals surface area contributed by atoms with E-state index in [1.54, 1.807) is 9.24 Å². The van der Waals surface area contributed by atoms with Gasteiger partial charge in [0.2, 0.25) is 0 Å². The molecule has 1 unspecified atom stereocenters. The summed E-state index contributed by atoms with van der Waals surface area (Å²) in [4.78, 5) is 36.1. The zero-order valence-electron chi connectivity index (χ0n) is 5.57. The Kier molecular flexibility index (Phi) is 2.19. The maximum absolute atomic E-state index is 10.7. The molecule has 2 amide bonds. The summed E-state index contributed by atoms with van der Waals surface area (Å²) in [7, 11) is 1.71. The predicted molar refractivity (Wildman–Crippen MR) is 37.3 cm³/mol. The van der Waals surface area contributed by atoms with Crippen molar-refractivity contribution < 1.29 is 19.2 Å². The lowest BCUT2D eigenvalue weighted by Gasteiger charge is -2.09. The molecule has 1 aliphatic rings. The van der Waals surface area contributed by atoms with Crippen LogP contribution in [0.2, 0.25) is 0 Å². The van der Waals surface area contributed by atoms with Crippen LogP contribution >= 0.6 is 9.24 Å². The van der Waals surface area contributed by atoms with Gasteiger partial charge in [-0.1, -0.05) is 0 Å². The van der Waals surface area contributed by atoms with Gasteiger partial charge in [0.05, 0.1) is 0 Å². The first-order chi connectivity index (χ1) is 5.11. The molecule has 0 aromatic heterocycles. The summed E-state index contributed by atoms with van der Waals surface area (Å²) in [6, 6.07) is 0. The van der Waals surface area contributed by atoms with Gasteiger partial charge in [-0.3, -0.25) is 9.59 Å². The van der Waals surface area contributed by atoms with Crippen molar-refractivity contribution in [1.82, 2.24) is 5.06 Å². The van der Waals surface area contributed by atoms with Gasteiger partial charge in [0.1, 0.15) is 0 Å². The van der Waals surface area contributed by atoms with Crippen LogP contribution < -0.4 is 0 Å². The van der Waals surface area contributed by atoms with Crippen molar-refractivity contribution in [2.24, 2.45) is 0 Å². The predicted octanol–water partition coefficient (Wildman–Crippen LogP) is 0.0621. The average molecular weight is 175 g/mol. The summed E-state index contributed by atoms with van der Waals surface area (Å²) in [6.07, 6.45) is 0.244. The Morgan fingerprint density at radius 2 is 1.82 bits per heavy atom. The largest absolute Gasteiger partial charge is 0.345 e. The highest BCUT2D eigenvalue weighted by atomic mass is 31.0. The molecule has 1 fully saturated rings. The van der Waals surface area contributed by atoms with Gasteiger partial charge in [-0.15, -0.1) is 5.06 Å². The molecular formula is C5H6NO4P. The first-order valence-electron chi connectivity index (χ1n) is 2.94. The SMILES string of the molecule is O=C(P)ON1C(=O)CCC1=O. The van der Waals surface area contributed by atoms with Crippen LogP contribution in [0.15, 0.2) is 0 Å². The van der Waals surface area contributed by atoms with Crippen molar-refractivity contribution in [3.05, 3.63) is 0 Å². The third-order valence-corrected chi connectivity index (χ3v) is 1.29. The van der Waals surface area contributed by atoms with Crippen molar-refractivity contribution >= 4 is 26.8 Å². The van der Waals surface area contributed by atoms with Crippen LogP contribution in [0, 0.1) is 0 Å². The number of carbonyl (C=O) groups is 3. The van der Waals surface area contributed by atoms with Gasteiger partial charge in [-0.05, 0) is 9.24 Å². The quantitative estimate of drug-likeness (QED) is 0.417. The van der Waals surface area contributed by atoms with Crippen molar-refractivity contribution in [3.63, 3.8) is 0 Å². The number of carbonyl (C=O) groups excluding carboxylic acids is 3. The number of rotatable bonds is 1. The highest BCUT2D eigenvalue weighted by Gasteiger charge is 2.31. The molecule has 11 heavy (non-hydrogen) atoms. The molecule has 0 aromatic rings. The van der Waals surface area contributed by atoms with Crippen molar-refractivity contribution in [2.45, 2.75) is 12.8 Å². The Morgan fingerprint density at radius 3 is 2.18 bits per heavy atom. The summed E-state index contributed by atoms with van der Waals surface area (Å²) in [5.74, 6) is -0.934. The molecular weight excluding hydrogens is 169 g/mol. The Morgan fingerprint density at radius 1 is 1.36 bits per heavy atom. The zero-order valence-corrected chi connectivity index (χ0v) is 6.73. The summed E-state index contributed by atoms with van der Waals surface area (Å²) < 4.78 is 0. The number of nitrogens with zero attached hydrogens (tertiary/aromatic N) is 1. The van der Waals surface area contributed by atoms with Gasteiger partial charge in [0.25, 0.3) is 11.8 Å². The molecule has 0 aliphatic carbocycles. The molecule has 60 valence electrons. The maximum atomic E-state index is 10.7. The fourth-order valence-corrected chi connectivity index (χ4v) is 0.853. The average Bonchev–Trinajstić information content (AvgIpc) is 2.18. The smallest absolute Gasteiger partial charge is 0.326 e. The number of hydrogen-bond donors (Lipinski definition) is 0. The molecule has 1 saturated heterocycles. The summed E-state index contributed by atoms with van der Waals surface area (Å²) in [6.45, 7) is 0. The Bertz CT molecular complexity index is 211. The van der Waals surface area contributed by atoms with Crippen LogP contribution in [0.5, 0.6) is 0 Å². The number of hydroxylamine groups is 2. The van der Waals surface area contributed by atoms with Crippen LogP contribution in [0.4, 0.5) is 4.79 Å². The normalized spacial score (nSPS) is 17.4. The van der Waals surface area contributed by atoms with E-state index < -0.39 is 17.5 Å². The number of imide groups is 1. The Hall–Kier alpha value is -0.960. The van der Waals surface area contributed by atoms with E-state index in [2.05, 4.69) is 4.84 Å². The molecule has 0 bridgehead atoms. The standard InChI is InChI=1S/C5H6NO4P/c7-3-1-2-4(8)6(3)10-5(9)11/h1-2,11H2. The van der Waals surface area contributed by atoms with Crippen molar-refractivity contribution in [1.29, 1.82) is 0 Å². The summed E-state index contributed by atoms with van der Waals surface area (Å²) in [5.41, 5.74) is -0.742. The molecule has 5 nitrogen and oxygen atoms in total. The molecule has 1 aliphatic heterocycles. The second-order valence-corrected chi connectivity index (χ2v) is 2.46. The minimum absolute atomic E-state index is 0.122. The monoisotopic (exact) mass is 175 g/mol. The number of hydrogen-bond acceptors (Lipinski definition) is 4. The van der Waals surface area contributed by atoms with E-state index in [4.69, 9.17) is 0 Å². The molecule has 0 aromatic carbocycles. The van der Waals surface area contributed by atoms with Gasteiger partial charge in [0, 0.05) is 12.8 Å². The molecule has 6 heteroatoms. The van der Waals surface area contributed by atoms with Crippen molar-refractivity contribution in [3.8, 4) is 0 Å². The second-order valence-electron chi connectivity index (χ2n) is 1.99. The van der Waals surface area contributed by atoms with Gasteiger partial charge >= 0.3 is 5.71 Å². The molecule has 0 radical (unpaired) electrons. The van der Waals surface area contributed by atoms with Gasteiger partial charge < -0.3 is 4.84 Å². The van der Waals surface area contributed by atoms with E-state index in [1.165, 1.54) is 0 Å². The highest BCUT2D eigenvalue weighted by molar-refractivity contribution is 7.39. The van der Waals surface area contributed by atoms with Crippen LogP contribution in [0.1, 0.15) is 12.8 Å². The van der Waals surface area contributed by atoms with E-state index in [0.29, 0.717) is 5.06 Å². The third-order valence-electron chi connectivity index (χ3n) is 1.19. The minimum Gasteiger partial charge on any atom is -0.326 e. The molecule has 1 atom stereocenters. The molecule has 0 saturated carbocycles. The third kappa shape index (κ3) is 1.74. The van der Waals surface area contributed by atoms with Gasteiger partial charge in [-0.2, -0.15) is 0 Å². The van der Waals surface area contributed by atoms with E-state index >= 15 is 0 Å². The van der Waals surface area contributed by atoms with Gasteiger partial charge in [0.15, 0.2) is 0 Å². The summed E-state index contributed by atoms with van der Waals surface area (Å²) >= 11 is 0. The fraction of sp³-hybridized carbons (Fsp3) is 0.400. The Labute approximate surface area is 64.8 Å².